The molecule has 8 nitrogen and oxygen atoms in total. The molecule has 3 N–H and O–H groups in total. The van der Waals surface area contributed by atoms with Gasteiger partial charge < -0.3 is 10.1 Å². The third kappa shape index (κ3) is 3.32. The largest absolute Gasteiger partial charge is 0.481 e. The van der Waals surface area contributed by atoms with Crippen LogP contribution in [-0.4, -0.2) is 37.9 Å². The van der Waals surface area contributed by atoms with Crippen LogP contribution in [-0.2, 0) is 16.0 Å². The van der Waals surface area contributed by atoms with Crippen LogP contribution in [0.15, 0.2) is 29.0 Å². The van der Waals surface area contributed by atoms with E-state index < -0.39 is 5.97 Å². The van der Waals surface area contributed by atoms with Gasteiger partial charge in [-0.2, -0.15) is 10.2 Å². The second kappa shape index (κ2) is 6.68. The number of carbonyl (C=O) groups excluding carboxylic acids is 1. The molecule has 2 aromatic rings. The lowest BCUT2D eigenvalue weighted by Crippen LogP contribution is -2.14. The van der Waals surface area contributed by atoms with Crippen LogP contribution in [0.3, 0.4) is 0 Å². The van der Waals surface area contributed by atoms with E-state index in [1.807, 2.05) is 13.8 Å². The lowest BCUT2D eigenvalue weighted by atomic mass is 10.0. The molecule has 0 unspecified atom stereocenters. The maximum atomic E-state index is 12.1. The van der Waals surface area contributed by atoms with Crippen LogP contribution >= 0.6 is 0 Å². The fourth-order valence-electron chi connectivity index (χ4n) is 2.80. The number of nitrogens with zero attached hydrogens (tertiary/aromatic N) is 3. The van der Waals surface area contributed by atoms with Crippen LogP contribution in [0, 0.1) is 13.8 Å². The van der Waals surface area contributed by atoms with Crippen molar-refractivity contribution in [3.8, 4) is 0 Å². The summed E-state index contributed by atoms with van der Waals surface area (Å²) in [4.78, 5) is 26.2. The Balaban J connectivity index is 1.97. The zero-order valence-corrected chi connectivity index (χ0v) is 13.8. The smallest absolute Gasteiger partial charge is 0.303 e. The number of aliphatic carboxylic acids is 1. The molecule has 1 aliphatic heterocycles. The number of hydrogen-bond acceptors (Lipinski definition) is 5. The normalized spacial score (nSPS) is 15.4. The second-order valence-corrected chi connectivity index (χ2v) is 5.73. The molecule has 1 aliphatic rings. The Kier molecular flexibility index (Phi) is 4.42. The Labute approximate surface area is 143 Å². The fourth-order valence-corrected chi connectivity index (χ4v) is 2.80. The molecule has 8 heteroatoms. The summed E-state index contributed by atoms with van der Waals surface area (Å²) in [7, 11) is 0. The molecule has 2 aromatic heterocycles. The molecule has 128 valence electrons. The maximum Gasteiger partial charge on any atom is 0.303 e. The molecule has 0 spiro atoms. The number of aromatic nitrogens is 3. The average Bonchev–Trinajstić information content (AvgIpc) is 3.07. The minimum absolute atomic E-state index is 0.0579. The molecule has 0 fully saturated rings. The highest BCUT2D eigenvalue weighted by molar-refractivity contribution is 6.32. The van der Waals surface area contributed by atoms with Gasteiger partial charge in [0, 0.05) is 24.0 Å². The van der Waals surface area contributed by atoms with Crippen molar-refractivity contribution in [3.05, 3.63) is 52.1 Å². The van der Waals surface area contributed by atoms with Crippen LogP contribution in [0.1, 0.15) is 34.6 Å². The Bertz CT molecular complexity index is 897. The number of hydrogen-bond donors (Lipinski definition) is 3. The number of H-pyrrole nitrogens is 1. The van der Waals surface area contributed by atoms with Crippen LogP contribution in [0.4, 0.5) is 0 Å². The predicted molar refractivity (Wildman–Crippen MR) is 90.9 cm³/mol. The van der Waals surface area contributed by atoms with Crippen molar-refractivity contribution in [1.29, 1.82) is 0 Å². The van der Waals surface area contributed by atoms with Crippen LogP contribution in [0.5, 0.6) is 0 Å². The van der Waals surface area contributed by atoms with Gasteiger partial charge in [-0.15, -0.1) is 5.10 Å². The van der Waals surface area contributed by atoms with Gasteiger partial charge in [-0.25, -0.2) is 5.43 Å². The summed E-state index contributed by atoms with van der Waals surface area (Å²) < 4.78 is 0. The highest BCUT2D eigenvalue weighted by Crippen LogP contribution is 2.23. The van der Waals surface area contributed by atoms with Gasteiger partial charge in [0.1, 0.15) is 11.4 Å². The van der Waals surface area contributed by atoms with Gasteiger partial charge in [0.15, 0.2) is 0 Å². The van der Waals surface area contributed by atoms with E-state index in [0.29, 0.717) is 23.4 Å². The molecule has 25 heavy (non-hydrogen) atoms. The Morgan fingerprint density at radius 3 is 2.84 bits per heavy atom. The van der Waals surface area contributed by atoms with Crippen LogP contribution in [0.25, 0.3) is 6.08 Å². The first-order chi connectivity index (χ1) is 12.0. The summed E-state index contributed by atoms with van der Waals surface area (Å²) in [6.45, 7) is 3.79. The van der Waals surface area contributed by atoms with Crippen LogP contribution < -0.4 is 5.43 Å². The summed E-state index contributed by atoms with van der Waals surface area (Å²) in [6, 6.07) is 3.45. The molecule has 3 heterocycles. The molecule has 0 aliphatic carbocycles. The molecule has 3 rings (SSSR count). The molecule has 0 aromatic carbocycles. The van der Waals surface area contributed by atoms with Crippen molar-refractivity contribution >= 4 is 23.7 Å². The maximum absolute atomic E-state index is 12.1. The summed E-state index contributed by atoms with van der Waals surface area (Å²) >= 11 is 0. The van der Waals surface area contributed by atoms with Crippen molar-refractivity contribution in [1.82, 2.24) is 20.6 Å². The number of carboxylic acid groups (broad SMARTS) is 1. The number of hydrazone groups is 1. The first kappa shape index (κ1) is 16.6. The van der Waals surface area contributed by atoms with E-state index in [1.54, 1.807) is 24.4 Å². The van der Waals surface area contributed by atoms with Gasteiger partial charge >= 0.3 is 5.97 Å². The predicted octanol–water partition coefficient (Wildman–Crippen LogP) is 1.36. The van der Waals surface area contributed by atoms with E-state index in [2.05, 4.69) is 25.7 Å². The zero-order chi connectivity index (χ0) is 18.0. The molecular weight excluding hydrogens is 322 g/mol. The van der Waals surface area contributed by atoms with E-state index in [1.165, 1.54) is 0 Å². The molecule has 0 atom stereocenters. The monoisotopic (exact) mass is 339 g/mol. The first-order valence-corrected chi connectivity index (χ1v) is 7.75. The van der Waals surface area contributed by atoms with Crippen molar-refractivity contribution in [2.24, 2.45) is 5.10 Å². The third-order valence-electron chi connectivity index (χ3n) is 4.09. The standard InChI is InChI=1S/C17H17N5O3/c1-9-11(5-6-15(23)24)10(2)19-14(9)8-12-16(21-22-17(12)25)13-4-3-7-18-20-13/h3-4,7-8,19H,5-6H2,1-2H3,(H,22,25)(H,23,24). The molecule has 1 amide bonds. The molecule has 0 saturated carbocycles. The summed E-state index contributed by atoms with van der Waals surface area (Å²) in [5.41, 5.74) is 7.26. The van der Waals surface area contributed by atoms with Crippen molar-refractivity contribution in [3.63, 3.8) is 0 Å². The van der Waals surface area contributed by atoms with Gasteiger partial charge in [0.05, 0.1) is 5.57 Å². The lowest BCUT2D eigenvalue weighted by Gasteiger charge is -2.01. The molecule has 0 saturated heterocycles. The first-order valence-electron chi connectivity index (χ1n) is 7.75. The van der Waals surface area contributed by atoms with Gasteiger partial charge in [-0.1, -0.05) is 0 Å². The quantitative estimate of drug-likeness (QED) is 0.710. The van der Waals surface area contributed by atoms with E-state index in [9.17, 15) is 9.59 Å². The van der Waals surface area contributed by atoms with Gasteiger partial charge in [-0.05, 0) is 49.6 Å². The summed E-state index contributed by atoms with van der Waals surface area (Å²) in [5, 5.41) is 20.7. The summed E-state index contributed by atoms with van der Waals surface area (Å²) in [5.74, 6) is -1.16. The number of amides is 1. The Morgan fingerprint density at radius 2 is 2.16 bits per heavy atom. The minimum atomic E-state index is -0.841. The SMILES string of the molecule is Cc1[nH]c(C=C2C(=O)NN=C2c2cccnn2)c(C)c1CCC(=O)O. The van der Waals surface area contributed by atoms with Crippen molar-refractivity contribution in [2.45, 2.75) is 26.7 Å². The van der Waals surface area contributed by atoms with E-state index in [-0.39, 0.29) is 12.3 Å². The lowest BCUT2D eigenvalue weighted by molar-refractivity contribution is -0.137. The zero-order valence-electron chi connectivity index (χ0n) is 13.8. The number of carbonyl (C=O) groups is 2. The third-order valence-corrected chi connectivity index (χ3v) is 4.09. The van der Waals surface area contributed by atoms with E-state index in [4.69, 9.17) is 5.11 Å². The van der Waals surface area contributed by atoms with Crippen molar-refractivity contribution in [2.75, 3.05) is 0 Å². The second-order valence-electron chi connectivity index (χ2n) is 5.73. The minimum Gasteiger partial charge on any atom is -0.481 e. The van der Waals surface area contributed by atoms with Gasteiger partial charge in [0.25, 0.3) is 5.91 Å². The van der Waals surface area contributed by atoms with E-state index >= 15 is 0 Å². The van der Waals surface area contributed by atoms with E-state index in [0.717, 1.165) is 22.5 Å². The number of aromatic amines is 1. The highest BCUT2D eigenvalue weighted by atomic mass is 16.4. The fraction of sp³-hybridized carbons (Fsp3) is 0.235. The topological polar surface area (TPSA) is 120 Å². The van der Waals surface area contributed by atoms with Crippen LogP contribution in [0.2, 0.25) is 0 Å². The molecule has 0 radical (unpaired) electrons. The number of nitrogens with one attached hydrogen (secondary N) is 2. The van der Waals surface area contributed by atoms with Gasteiger partial charge in [-0.3, -0.25) is 9.59 Å². The number of carboxylic acids is 1. The average molecular weight is 339 g/mol. The summed E-state index contributed by atoms with van der Waals surface area (Å²) in [6.07, 6.45) is 3.75. The number of rotatable bonds is 5. The number of aryl methyl sites for hydroxylation is 1. The highest BCUT2D eigenvalue weighted by Gasteiger charge is 2.26. The Hall–Kier alpha value is -3.29. The Morgan fingerprint density at radius 1 is 1.36 bits per heavy atom. The molecule has 0 bridgehead atoms. The van der Waals surface area contributed by atoms with Crippen molar-refractivity contribution < 1.29 is 14.7 Å². The molecular formula is C17H17N5O3. The van der Waals surface area contributed by atoms with Gasteiger partial charge in [0.2, 0.25) is 0 Å².